The number of anilines is 1. The molecule has 1 heterocycles. The minimum atomic E-state index is -0.126. The van der Waals surface area contributed by atoms with Crippen LogP contribution in [0.1, 0.15) is 51.4 Å². The van der Waals surface area contributed by atoms with Crippen molar-refractivity contribution in [3.8, 4) is 5.75 Å². The average molecular weight is 440 g/mol. The van der Waals surface area contributed by atoms with Crippen LogP contribution in [0.25, 0.3) is 0 Å². The van der Waals surface area contributed by atoms with Gasteiger partial charge in [0.05, 0.1) is 7.11 Å². The predicted molar refractivity (Wildman–Crippen MR) is 125 cm³/mol. The maximum absolute atomic E-state index is 13.1. The Bertz CT molecular complexity index is 802. The van der Waals surface area contributed by atoms with Gasteiger partial charge in [-0.15, -0.1) is 0 Å². The Morgan fingerprint density at radius 2 is 1.62 bits per heavy atom. The largest absolute Gasteiger partial charge is 0.497 e. The van der Waals surface area contributed by atoms with Crippen molar-refractivity contribution in [2.24, 2.45) is 23.2 Å². The molecule has 0 unspecified atom stereocenters. The second-order valence-corrected chi connectivity index (χ2v) is 10.6. The number of ether oxygens (including phenoxy) is 1. The lowest BCUT2D eigenvalue weighted by atomic mass is 9.49. The zero-order valence-corrected chi connectivity index (χ0v) is 19.4. The number of rotatable bonds is 6. The second kappa shape index (κ2) is 8.95. The third-order valence-corrected chi connectivity index (χ3v) is 8.43. The highest BCUT2D eigenvalue weighted by molar-refractivity contribution is 5.84. The predicted octanol–water partition coefficient (Wildman–Crippen LogP) is 3.46. The molecule has 6 nitrogen and oxygen atoms in total. The van der Waals surface area contributed by atoms with Gasteiger partial charge in [0.25, 0.3) is 0 Å². The molecular formula is C26H37N3O3. The van der Waals surface area contributed by atoms with Crippen LogP contribution in [0.3, 0.4) is 0 Å². The number of benzene rings is 1. The van der Waals surface area contributed by atoms with Crippen molar-refractivity contribution in [3.05, 3.63) is 24.3 Å². The van der Waals surface area contributed by atoms with E-state index in [0.717, 1.165) is 75.4 Å². The number of hydrogen-bond donors (Lipinski definition) is 1. The Balaban J connectivity index is 1.09. The Labute approximate surface area is 191 Å². The number of hydrogen-bond acceptors (Lipinski definition) is 4. The van der Waals surface area contributed by atoms with Crippen molar-refractivity contribution >= 4 is 17.5 Å². The Morgan fingerprint density at radius 1 is 0.969 bits per heavy atom. The molecular weight excluding hydrogens is 402 g/mol. The van der Waals surface area contributed by atoms with E-state index >= 15 is 0 Å². The van der Waals surface area contributed by atoms with Crippen LogP contribution in [0, 0.1) is 23.2 Å². The maximum atomic E-state index is 13.1. The van der Waals surface area contributed by atoms with E-state index in [2.05, 4.69) is 22.3 Å². The summed E-state index contributed by atoms with van der Waals surface area (Å²) in [5, 5.41) is 3.16. The van der Waals surface area contributed by atoms with Crippen LogP contribution in [-0.4, -0.2) is 56.5 Å². The van der Waals surface area contributed by atoms with E-state index in [1.54, 1.807) is 7.11 Å². The van der Waals surface area contributed by atoms with Gasteiger partial charge in [-0.05, 0) is 87.0 Å². The molecule has 1 N–H and O–H groups in total. The van der Waals surface area contributed by atoms with Crippen molar-refractivity contribution in [1.29, 1.82) is 0 Å². The van der Waals surface area contributed by atoms with Crippen LogP contribution in [0.15, 0.2) is 24.3 Å². The second-order valence-electron chi connectivity index (χ2n) is 10.6. The molecule has 1 aliphatic heterocycles. The van der Waals surface area contributed by atoms with Gasteiger partial charge in [-0.1, -0.05) is 0 Å². The Hall–Kier alpha value is -2.24. The molecule has 6 rings (SSSR count). The molecule has 1 aromatic rings. The Morgan fingerprint density at radius 3 is 2.25 bits per heavy atom. The highest BCUT2D eigenvalue weighted by atomic mass is 16.5. The number of carbonyl (C=O) groups is 2. The third-order valence-electron chi connectivity index (χ3n) is 8.43. The number of nitrogens with zero attached hydrogens (tertiary/aromatic N) is 2. The summed E-state index contributed by atoms with van der Waals surface area (Å²) in [5.41, 5.74) is 1.04. The maximum Gasteiger partial charge on any atom is 0.226 e. The van der Waals surface area contributed by atoms with Gasteiger partial charge in [-0.2, -0.15) is 0 Å². The van der Waals surface area contributed by atoms with Crippen molar-refractivity contribution in [3.63, 3.8) is 0 Å². The van der Waals surface area contributed by atoms with Gasteiger partial charge in [0.1, 0.15) is 5.75 Å². The van der Waals surface area contributed by atoms with E-state index in [1.807, 2.05) is 17.0 Å². The van der Waals surface area contributed by atoms with Crippen molar-refractivity contribution < 1.29 is 14.3 Å². The first-order chi connectivity index (χ1) is 15.5. The van der Waals surface area contributed by atoms with Crippen molar-refractivity contribution in [2.75, 3.05) is 44.7 Å². The zero-order chi connectivity index (χ0) is 22.1. The molecule has 5 fully saturated rings. The summed E-state index contributed by atoms with van der Waals surface area (Å²) in [6.45, 7) is 3.76. The van der Waals surface area contributed by atoms with E-state index in [1.165, 1.54) is 24.9 Å². The number of amides is 2. The molecule has 5 aliphatic rings. The van der Waals surface area contributed by atoms with Gasteiger partial charge in [-0.3, -0.25) is 9.59 Å². The average Bonchev–Trinajstić information content (AvgIpc) is 3.04. The quantitative estimate of drug-likeness (QED) is 0.737. The topological polar surface area (TPSA) is 61.9 Å². The van der Waals surface area contributed by atoms with Crippen LogP contribution in [0.4, 0.5) is 5.69 Å². The number of carbonyl (C=O) groups excluding carboxylic acids is 2. The van der Waals surface area contributed by atoms with Crippen LogP contribution in [0.5, 0.6) is 5.75 Å². The highest BCUT2D eigenvalue weighted by Crippen LogP contribution is 2.60. The van der Waals surface area contributed by atoms with Gasteiger partial charge >= 0.3 is 0 Å². The molecule has 32 heavy (non-hydrogen) atoms. The molecule has 0 radical (unpaired) electrons. The lowest BCUT2D eigenvalue weighted by Gasteiger charge is -2.55. The van der Waals surface area contributed by atoms with Crippen LogP contribution in [0.2, 0.25) is 0 Å². The van der Waals surface area contributed by atoms with Crippen molar-refractivity contribution in [2.45, 2.75) is 51.4 Å². The molecule has 0 aromatic heterocycles. The summed E-state index contributed by atoms with van der Waals surface area (Å²) in [7, 11) is 1.68. The summed E-state index contributed by atoms with van der Waals surface area (Å²) in [6.07, 6.45) is 8.61. The fourth-order valence-corrected chi connectivity index (χ4v) is 7.24. The van der Waals surface area contributed by atoms with Crippen LogP contribution >= 0.6 is 0 Å². The van der Waals surface area contributed by atoms with E-state index in [0.29, 0.717) is 13.0 Å². The summed E-state index contributed by atoms with van der Waals surface area (Å²) in [4.78, 5) is 30.3. The smallest absolute Gasteiger partial charge is 0.226 e. The summed E-state index contributed by atoms with van der Waals surface area (Å²) < 4.78 is 5.25. The number of nitrogens with one attached hydrogen (secondary N) is 1. The molecule has 4 bridgehead atoms. The molecule has 2 amide bonds. The first-order valence-electron chi connectivity index (χ1n) is 12.5. The molecule has 0 atom stereocenters. The van der Waals surface area contributed by atoms with Crippen LogP contribution < -0.4 is 15.0 Å². The third kappa shape index (κ3) is 4.33. The molecule has 4 saturated carbocycles. The lowest BCUT2D eigenvalue weighted by Crippen LogP contribution is -2.53. The minimum Gasteiger partial charge on any atom is -0.497 e. The molecule has 174 valence electrons. The van der Waals surface area contributed by atoms with Crippen LogP contribution in [-0.2, 0) is 9.59 Å². The van der Waals surface area contributed by atoms with E-state index in [-0.39, 0.29) is 17.2 Å². The van der Waals surface area contributed by atoms with E-state index < -0.39 is 0 Å². The fraction of sp³-hybridized carbons (Fsp3) is 0.692. The summed E-state index contributed by atoms with van der Waals surface area (Å²) in [5.74, 6) is 3.53. The highest BCUT2D eigenvalue weighted by Gasteiger charge is 2.54. The molecule has 0 spiro atoms. The first kappa shape index (κ1) is 21.6. The fourth-order valence-electron chi connectivity index (χ4n) is 7.24. The molecule has 1 aromatic carbocycles. The first-order valence-corrected chi connectivity index (χ1v) is 12.5. The molecule has 6 heteroatoms. The van der Waals surface area contributed by atoms with E-state index in [9.17, 15) is 9.59 Å². The van der Waals surface area contributed by atoms with Gasteiger partial charge in [0, 0.05) is 50.2 Å². The Kier molecular flexibility index (Phi) is 6.04. The normalized spacial score (nSPS) is 31.3. The molecule has 4 aliphatic carbocycles. The standard InChI is InChI=1S/C26H37N3O3/c1-32-23-5-3-22(4-6-23)28-9-2-10-29(12-11-28)24(30)7-8-27-25(31)26-16-19-13-20(17-26)15-21(14-19)18-26/h3-6,19-21H,2,7-18H2,1H3,(H,27,31). The minimum absolute atomic E-state index is 0.126. The van der Waals surface area contributed by atoms with Crippen molar-refractivity contribution in [1.82, 2.24) is 10.2 Å². The number of methoxy groups -OCH3 is 1. The monoisotopic (exact) mass is 439 g/mol. The zero-order valence-electron chi connectivity index (χ0n) is 19.4. The van der Waals surface area contributed by atoms with Gasteiger partial charge in [-0.25, -0.2) is 0 Å². The summed E-state index contributed by atoms with van der Waals surface area (Å²) >= 11 is 0. The van der Waals surface area contributed by atoms with Gasteiger partial charge in [0.15, 0.2) is 0 Å². The summed E-state index contributed by atoms with van der Waals surface area (Å²) in [6, 6.07) is 8.12. The van der Waals surface area contributed by atoms with Gasteiger partial charge in [0.2, 0.25) is 11.8 Å². The van der Waals surface area contributed by atoms with Gasteiger partial charge < -0.3 is 19.9 Å². The molecule has 1 saturated heterocycles. The lowest BCUT2D eigenvalue weighted by molar-refractivity contribution is -0.146. The van der Waals surface area contributed by atoms with E-state index in [4.69, 9.17) is 4.74 Å². The SMILES string of the molecule is COc1ccc(N2CCCN(C(=O)CCNC(=O)C34CC5CC(CC(C5)C3)C4)CC2)cc1.